The summed E-state index contributed by atoms with van der Waals surface area (Å²) in [5.41, 5.74) is 8.55. The molecule has 0 radical (unpaired) electrons. The van der Waals surface area contributed by atoms with Gasteiger partial charge in [-0.2, -0.15) is 0 Å². The number of aromatic nitrogens is 5. The second-order valence-corrected chi connectivity index (χ2v) is 11.0. The summed E-state index contributed by atoms with van der Waals surface area (Å²) in [6, 6.07) is 51.2. The molecule has 0 saturated carbocycles. The first kappa shape index (κ1) is 27.2. The Hall–Kier alpha value is -6.33. The molecular weight excluding hydrogens is 562 g/mol. The summed E-state index contributed by atoms with van der Waals surface area (Å²) in [5, 5.41) is 2.20. The van der Waals surface area contributed by atoms with Gasteiger partial charge in [0.05, 0.1) is 11.4 Å². The highest BCUT2D eigenvalue weighted by molar-refractivity contribution is 5.97. The lowest BCUT2D eigenvalue weighted by Gasteiger charge is -2.13. The van der Waals surface area contributed by atoms with Crippen LogP contribution in [0.4, 0.5) is 0 Å². The summed E-state index contributed by atoms with van der Waals surface area (Å²) < 4.78 is 0. The second kappa shape index (κ2) is 12.0. The van der Waals surface area contributed by atoms with Crippen LogP contribution in [-0.2, 0) is 0 Å². The maximum Gasteiger partial charge on any atom is 0.164 e. The molecule has 46 heavy (non-hydrogen) atoms. The van der Waals surface area contributed by atoms with E-state index in [0.29, 0.717) is 17.5 Å². The molecule has 5 aromatic carbocycles. The smallest absolute Gasteiger partial charge is 0.164 e. The van der Waals surface area contributed by atoms with Crippen LogP contribution in [0, 0.1) is 0 Å². The van der Waals surface area contributed by atoms with Gasteiger partial charge in [0.2, 0.25) is 0 Å². The SMILES string of the molecule is c1ccc(-c2cccc(-c3cc(-c4nc(-c5ccccc5)nc(-c5ccccc5)n4)cc(-c4cncc5ccccc45)c3)n2)cc1. The molecule has 5 nitrogen and oxygen atoms in total. The summed E-state index contributed by atoms with van der Waals surface area (Å²) in [6.07, 6.45) is 3.83. The number of hydrogen-bond acceptors (Lipinski definition) is 5. The molecule has 0 aliphatic rings. The molecule has 8 aromatic rings. The number of benzene rings is 5. The van der Waals surface area contributed by atoms with Crippen molar-refractivity contribution >= 4 is 10.8 Å². The van der Waals surface area contributed by atoms with Crippen LogP contribution in [0.25, 0.3) is 78.6 Å². The molecule has 0 unspecified atom stereocenters. The minimum absolute atomic E-state index is 0.586. The van der Waals surface area contributed by atoms with Gasteiger partial charge in [-0.3, -0.25) is 4.98 Å². The van der Waals surface area contributed by atoms with Crippen LogP contribution in [0.5, 0.6) is 0 Å². The van der Waals surface area contributed by atoms with Crippen molar-refractivity contribution in [1.82, 2.24) is 24.9 Å². The molecule has 0 fully saturated rings. The lowest BCUT2D eigenvalue weighted by Crippen LogP contribution is -2.00. The summed E-state index contributed by atoms with van der Waals surface area (Å²) in [7, 11) is 0. The summed E-state index contributed by atoms with van der Waals surface area (Å²) in [5.74, 6) is 1.82. The van der Waals surface area contributed by atoms with Crippen molar-refractivity contribution in [3.63, 3.8) is 0 Å². The van der Waals surface area contributed by atoms with Gasteiger partial charge in [0, 0.05) is 51.2 Å². The fourth-order valence-corrected chi connectivity index (χ4v) is 5.71. The fraction of sp³-hybridized carbons (Fsp3) is 0. The molecule has 0 amide bonds. The first-order valence-electron chi connectivity index (χ1n) is 15.2. The first-order chi connectivity index (χ1) is 22.8. The fourth-order valence-electron chi connectivity index (χ4n) is 5.71. The maximum absolute atomic E-state index is 5.11. The maximum atomic E-state index is 5.11. The van der Waals surface area contributed by atoms with E-state index in [-0.39, 0.29) is 0 Å². The highest BCUT2D eigenvalue weighted by Crippen LogP contribution is 2.35. The molecular formula is C41H27N5. The summed E-state index contributed by atoms with van der Waals surface area (Å²) in [6.45, 7) is 0. The minimum Gasteiger partial charge on any atom is -0.263 e. The van der Waals surface area contributed by atoms with Crippen molar-refractivity contribution < 1.29 is 0 Å². The molecule has 0 N–H and O–H groups in total. The Labute approximate surface area is 267 Å². The molecule has 0 spiro atoms. The standard InChI is InChI=1S/C41H27N5/c1-4-13-28(14-5-1)37-21-12-22-38(43-37)33-23-32(36-27-42-26-31-19-10-11-20-35(31)36)24-34(25-33)41-45-39(29-15-6-2-7-16-29)44-40(46-41)30-17-8-3-9-18-30/h1-27H. The number of nitrogens with zero attached hydrogens (tertiary/aromatic N) is 5. The van der Waals surface area contributed by atoms with Crippen LogP contribution in [0.2, 0.25) is 0 Å². The van der Waals surface area contributed by atoms with Gasteiger partial charge in [0.15, 0.2) is 17.5 Å². The predicted octanol–water partition coefficient (Wildman–Crippen LogP) is 9.82. The molecule has 0 aliphatic carbocycles. The Balaban J connectivity index is 1.37. The number of fused-ring (bicyclic) bond motifs is 1. The van der Waals surface area contributed by atoms with Crippen LogP contribution in [0.15, 0.2) is 164 Å². The van der Waals surface area contributed by atoms with Crippen molar-refractivity contribution in [2.24, 2.45) is 0 Å². The topological polar surface area (TPSA) is 64.5 Å². The lowest BCUT2D eigenvalue weighted by molar-refractivity contribution is 1.07. The monoisotopic (exact) mass is 589 g/mol. The average Bonchev–Trinajstić information content (AvgIpc) is 3.15. The molecule has 5 heteroatoms. The Kier molecular flexibility index (Phi) is 7.09. The predicted molar refractivity (Wildman–Crippen MR) is 186 cm³/mol. The van der Waals surface area contributed by atoms with Gasteiger partial charge < -0.3 is 0 Å². The van der Waals surface area contributed by atoms with Gasteiger partial charge in [-0.1, -0.05) is 121 Å². The van der Waals surface area contributed by atoms with Crippen LogP contribution in [-0.4, -0.2) is 24.9 Å². The van der Waals surface area contributed by atoms with Crippen LogP contribution in [0.1, 0.15) is 0 Å². The van der Waals surface area contributed by atoms with Gasteiger partial charge in [-0.15, -0.1) is 0 Å². The van der Waals surface area contributed by atoms with E-state index in [9.17, 15) is 0 Å². The van der Waals surface area contributed by atoms with Crippen LogP contribution < -0.4 is 0 Å². The zero-order valence-corrected chi connectivity index (χ0v) is 24.8. The van der Waals surface area contributed by atoms with E-state index in [2.05, 4.69) is 65.6 Å². The van der Waals surface area contributed by atoms with Gasteiger partial charge in [0.25, 0.3) is 0 Å². The zero-order valence-electron chi connectivity index (χ0n) is 24.8. The second-order valence-electron chi connectivity index (χ2n) is 11.0. The summed E-state index contributed by atoms with van der Waals surface area (Å²) >= 11 is 0. The van der Waals surface area contributed by atoms with E-state index in [0.717, 1.165) is 61.1 Å². The first-order valence-corrected chi connectivity index (χ1v) is 15.2. The third kappa shape index (κ3) is 5.42. The zero-order chi connectivity index (χ0) is 30.7. The Bertz CT molecular complexity index is 2240. The molecule has 0 saturated heterocycles. The van der Waals surface area contributed by atoms with Gasteiger partial charge >= 0.3 is 0 Å². The molecule has 0 bridgehead atoms. The highest BCUT2D eigenvalue weighted by atomic mass is 15.0. The highest BCUT2D eigenvalue weighted by Gasteiger charge is 2.16. The molecule has 3 aromatic heterocycles. The van der Waals surface area contributed by atoms with Gasteiger partial charge in [0.1, 0.15) is 0 Å². The van der Waals surface area contributed by atoms with Gasteiger partial charge in [-0.25, -0.2) is 19.9 Å². The van der Waals surface area contributed by atoms with E-state index < -0.39 is 0 Å². The summed E-state index contributed by atoms with van der Waals surface area (Å²) in [4.78, 5) is 24.7. The molecule has 0 aliphatic heterocycles. The average molecular weight is 590 g/mol. The van der Waals surface area contributed by atoms with Crippen LogP contribution in [0.3, 0.4) is 0 Å². The molecule has 0 atom stereocenters. The Morgan fingerprint density at radius 1 is 0.326 bits per heavy atom. The largest absolute Gasteiger partial charge is 0.263 e. The van der Waals surface area contributed by atoms with Crippen molar-refractivity contribution in [2.45, 2.75) is 0 Å². The molecule has 3 heterocycles. The van der Waals surface area contributed by atoms with E-state index in [1.54, 1.807) is 0 Å². The number of hydrogen-bond donors (Lipinski definition) is 0. The molecule has 216 valence electrons. The van der Waals surface area contributed by atoms with Crippen molar-refractivity contribution in [2.75, 3.05) is 0 Å². The Morgan fingerprint density at radius 3 is 1.48 bits per heavy atom. The normalized spacial score (nSPS) is 11.0. The quantitative estimate of drug-likeness (QED) is 0.193. The third-order valence-electron chi connectivity index (χ3n) is 7.98. The van der Waals surface area contributed by atoms with Crippen LogP contribution >= 0.6 is 0 Å². The van der Waals surface area contributed by atoms with E-state index in [4.69, 9.17) is 19.9 Å². The number of rotatable bonds is 6. The van der Waals surface area contributed by atoms with E-state index in [1.807, 2.05) is 103 Å². The lowest BCUT2D eigenvalue weighted by atomic mass is 9.95. The van der Waals surface area contributed by atoms with Crippen molar-refractivity contribution in [3.8, 4) is 67.8 Å². The molecule has 8 rings (SSSR count). The van der Waals surface area contributed by atoms with Gasteiger partial charge in [-0.05, 0) is 41.3 Å². The third-order valence-corrected chi connectivity index (χ3v) is 7.98. The Morgan fingerprint density at radius 2 is 0.826 bits per heavy atom. The minimum atomic E-state index is 0.586. The van der Waals surface area contributed by atoms with E-state index >= 15 is 0 Å². The van der Waals surface area contributed by atoms with Crippen molar-refractivity contribution in [3.05, 3.63) is 164 Å². The number of pyridine rings is 2. The van der Waals surface area contributed by atoms with E-state index in [1.165, 1.54) is 0 Å². The van der Waals surface area contributed by atoms with Crippen molar-refractivity contribution in [1.29, 1.82) is 0 Å².